The summed E-state index contributed by atoms with van der Waals surface area (Å²) in [5, 5.41) is 18.1. The molecule has 1 rings (SSSR count). The van der Waals surface area contributed by atoms with Crippen molar-refractivity contribution in [1.29, 1.82) is 0 Å². The van der Waals surface area contributed by atoms with Gasteiger partial charge in [0.25, 0.3) is 0 Å². The van der Waals surface area contributed by atoms with E-state index in [0.29, 0.717) is 0 Å². The second-order valence-electron chi connectivity index (χ2n) is 2.71. The van der Waals surface area contributed by atoms with Crippen LogP contribution >= 0.6 is 27.5 Å². The molecule has 0 unspecified atom stereocenters. The van der Waals surface area contributed by atoms with E-state index in [2.05, 4.69) is 15.9 Å². The summed E-state index contributed by atoms with van der Waals surface area (Å²) in [5.41, 5.74) is 5.67. The van der Waals surface area contributed by atoms with Crippen molar-refractivity contribution < 1.29 is 14.6 Å². The highest BCUT2D eigenvalue weighted by Gasteiger charge is 2.18. The van der Waals surface area contributed by atoms with Gasteiger partial charge in [-0.2, -0.15) is 0 Å². The monoisotopic (exact) mass is 283 g/mol. The zero-order valence-electron chi connectivity index (χ0n) is 6.97. The molecule has 0 aliphatic heterocycles. The molecule has 0 aliphatic carbocycles. The predicted octanol–water partition coefficient (Wildman–Crippen LogP) is 1.94. The summed E-state index contributed by atoms with van der Waals surface area (Å²) in [6.07, 6.45) is 0. The molecule has 14 heavy (non-hydrogen) atoms. The average molecular weight is 285 g/mol. The average Bonchev–Trinajstić information content (AvgIpc) is 2.19. The number of aliphatic hydroxyl groups excluding tert-OH is 1. The van der Waals surface area contributed by atoms with Crippen molar-refractivity contribution in [3.63, 3.8) is 0 Å². The van der Waals surface area contributed by atoms with Gasteiger partial charge in [-0.05, 0) is 22.0 Å². The second-order valence-corrected chi connectivity index (χ2v) is 3.91. The van der Waals surface area contributed by atoms with E-state index in [1.165, 1.54) is 6.07 Å². The van der Waals surface area contributed by atoms with Crippen molar-refractivity contribution in [1.82, 2.24) is 0 Å². The van der Waals surface area contributed by atoms with Crippen LogP contribution in [-0.2, 0) is 0 Å². The standard InChI is InChI=1S/C8H8BrClFNO2/c9-6-7(11)4(10)1-3(8(6)14)5(12)2-13/h1,5,13-14H,2,12H2/t5-/m1/s1. The fourth-order valence-electron chi connectivity index (χ4n) is 0.985. The molecule has 1 aromatic rings. The van der Waals surface area contributed by atoms with Crippen molar-refractivity contribution in [2.45, 2.75) is 6.04 Å². The molecule has 0 radical (unpaired) electrons. The van der Waals surface area contributed by atoms with Gasteiger partial charge in [0.05, 0.1) is 22.1 Å². The number of phenols is 1. The topological polar surface area (TPSA) is 66.5 Å². The fraction of sp³-hybridized carbons (Fsp3) is 0.250. The van der Waals surface area contributed by atoms with Crippen LogP contribution < -0.4 is 5.73 Å². The van der Waals surface area contributed by atoms with Crippen molar-refractivity contribution in [3.05, 3.63) is 26.9 Å². The van der Waals surface area contributed by atoms with E-state index in [-0.39, 0.29) is 27.4 Å². The zero-order valence-corrected chi connectivity index (χ0v) is 9.31. The van der Waals surface area contributed by atoms with Crippen molar-refractivity contribution in [2.75, 3.05) is 6.61 Å². The van der Waals surface area contributed by atoms with Gasteiger partial charge in [0.15, 0.2) is 5.82 Å². The van der Waals surface area contributed by atoms with Gasteiger partial charge in [0.2, 0.25) is 0 Å². The predicted molar refractivity (Wildman–Crippen MR) is 54.8 cm³/mol. The first-order valence-corrected chi connectivity index (χ1v) is 4.89. The molecule has 0 aliphatic rings. The quantitative estimate of drug-likeness (QED) is 0.727. The molecule has 4 N–H and O–H groups in total. The molecule has 1 aromatic carbocycles. The number of phenolic OH excluding ortho intramolecular Hbond substituents is 1. The van der Waals surface area contributed by atoms with Crippen molar-refractivity contribution >= 4 is 27.5 Å². The SMILES string of the molecule is N[C@H](CO)c1cc(Cl)c(F)c(Br)c1O. The molecule has 78 valence electrons. The minimum Gasteiger partial charge on any atom is -0.506 e. The Balaban J connectivity index is 3.33. The highest BCUT2D eigenvalue weighted by Crippen LogP contribution is 2.37. The molecule has 0 saturated carbocycles. The van der Waals surface area contributed by atoms with Crippen LogP contribution in [0.1, 0.15) is 11.6 Å². The van der Waals surface area contributed by atoms with E-state index in [0.717, 1.165) is 0 Å². The minimum absolute atomic E-state index is 0.149. The van der Waals surface area contributed by atoms with Gasteiger partial charge in [0.1, 0.15) is 5.75 Å². The number of hydrogen-bond donors (Lipinski definition) is 3. The Morgan fingerprint density at radius 1 is 1.64 bits per heavy atom. The van der Waals surface area contributed by atoms with Crippen molar-refractivity contribution in [2.24, 2.45) is 5.73 Å². The maximum absolute atomic E-state index is 13.1. The molecular formula is C8H8BrClFNO2. The number of nitrogens with two attached hydrogens (primary N) is 1. The van der Waals surface area contributed by atoms with E-state index in [1.54, 1.807) is 0 Å². The maximum atomic E-state index is 13.1. The van der Waals surface area contributed by atoms with Crippen LogP contribution in [0.25, 0.3) is 0 Å². The Morgan fingerprint density at radius 2 is 2.21 bits per heavy atom. The maximum Gasteiger partial charge on any atom is 0.159 e. The Morgan fingerprint density at radius 3 is 2.71 bits per heavy atom. The Bertz CT molecular complexity index is 362. The summed E-state index contributed by atoms with van der Waals surface area (Å²) < 4.78 is 12.9. The largest absolute Gasteiger partial charge is 0.506 e. The van der Waals surface area contributed by atoms with Gasteiger partial charge < -0.3 is 15.9 Å². The van der Waals surface area contributed by atoms with E-state index in [9.17, 15) is 9.50 Å². The Kier molecular flexibility index (Phi) is 3.71. The lowest BCUT2D eigenvalue weighted by Crippen LogP contribution is -2.15. The molecular weight excluding hydrogens is 276 g/mol. The summed E-state index contributed by atoms with van der Waals surface area (Å²) in [6.45, 7) is -0.359. The van der Waals surface area contributed by atoms with Gasteiger partial charge in [0, 0.05) is 5.56 Å². The second kappa shape index (κ2) is 4.44. The van der Waals surface area contributed by atoms with Gasteiger partial charge in [-0.3, -0.25) is 0 Å². The van der Waals surface area contributed by atoms with E-state index >= 15 is 0 Å². The Hall–Kier alpha value is -0.360. The molecule has 3 nitrogen and oxygen atoms in total. The number of aromatic hydroxyl groups is 1. The smallest absolute Gasteiger partial charge is 0.159 e. The molecule has 1 atom stereocenters. The highest BCUT2D eigenvalue weighted by molar-refractivity contribution is 9.10. The van der Waals surface area contributed by atoms with Gasteiger partial charge in [-0.25, -0.2) is 4.39 Å². The minimum atomic E-state index is -0.788. The summed E-state index contributed by atoms with van der Waals surface area (Å²) >= 11 is 8.37. The first-order chi connectivity index (χ1) is 6.49. The van der Waals surface area contributed by atoms with Crippen molar-refractivity contribution in [3.8, 4) is 5.75 Å². The lowest BCUT2D eigenvalue weighted by Gasteiger charge is -2.13. The molecule has 0 aromatic heterocycles. The number of benzene rings is 1. The number of rotatable bonds is 2. The van der Waals surface area contributed by atoms with Crippen LogP contribution in [0.15, 0.2) is 10.5 Å². The third kappa shape index (κ3) is 2.00. The van der Waals surface area contributed by atoms with Gasteiger partial charge >= 0.3 is 0 Å². The van der Waals surface area contributed by atoms with E-state index in [1.807, 2.05) is 0 Å². The highest BCUT2D eigenvalue weighted by atomic mass is 79.9. The van der Waals surface area contributed by atoms with Gasteiger partial charge in [-0.15, -0.1) is 0 Å². The lowest BCUT2D eigenvalue weighted by atomic mass is 10.1. The van der Waals surface area contributed by atoms with Crippen LogP contribution in [0, 0.1) is 5.82 Å². The number of hydrogen-bond acceptors (Lipinski definition) is 3. The third-order valence-electron chi connectivity index (χ3n) is 1.76. The van der Waals surface area contributed by atoms with Crippen LogP contribution in [0.5, 0.6) is 5.75 Å². The molecule has 0 saturated heterocycles. The normalized spacial score (nSPS) is 12.9. The summed E-state index contributed by atoms with van der Waals surface area (Å²) in [4.78, 5) is 0. The summed E-state index contributed by atoms with van der Waals surface area (Å²) in [7, 11) is 0. The molecule has 0 heterocycles. The number of aliphatic hydroxyl groups is 1. The third-order valence-corrected chi connectivity index (χ3v) is 2.76. The van der Waals surface area contributed by atoms with Crippen LogP contribution in [0.3, 0.4) is 0 Å². The van der Waals surface area contributed by atoms with Gasteiger partial charge in [-0.1, -0.05) is 11.6 Å². The number of halogens is 3. The molecule has 0 spiro atoms. The lowest BCUT2D eigenvalue weighted by molar-refractivity contribution is 0.265. The summed E-state index contributed by atoms with van der Waals surface area (Å²) in [6, 6.07) is 0.405. The van der Waals surface area contributed by atoms with E-state index < -0.39 is 11.9 Å². The fourth-order valence-corrected chi connectivity index (χ4v) is 1.75. The Labute approximate surface area is 93.4 Å². The molecule has 6 heteroatoms. The first-order valence-electron chi connectivity index (χ1n) is 3.71. The molecule has 0 fully saturated rings. The van der Waals surface area contributed by atoms with Crippen LogP contribution in [-0.4, -0.2) is 16.8 Å². The zero-order chi connectivity index (χ0) is 10.9. The van der Waals surface area contributed by atoms with Crippen LogP contribution in [0.2, 0.25) is 5.02 Å². The molecule has 0 amide bonds. The molecule has 0 bridgehead atoms. The first kappa shape index (κ1) is 11.7. The summed E-state index contributed by atoms with van der Waals surface area (Å²) in [5.74, 6) is -1.09. The van der Waals surface area contributed by atoms with E-state index in [4.69, 9.17) is 22.4 Å². The van der Waals surface area contributed by atoms with Crippen LogP contribution in [0.4, 0.5) is 4.39 Å².